The third-order valence-electron chi connectivity index (χ3n) is 2.89. The van der Waals surface area contributed by atoms with Gasteiger partial charge in [-0.25, -0.2) is 0 Å². The lowest BCUT2D eigenvalue weighted by Gasteiger charge is -2.17. The molecule has 1 aliphatic rings. The molecule has 1 aliphatic heterocycles. The first-order chi connectivity index (χ1) is 6.72. The van der Waals surface area contributed by atoms with Gasteiger partial charge in [-0.3, -0.25) is 0 Å². The highest BCUT2D eigenvalue weighted by Gasteiger charge is 2.20. The maximum atomic E-state index is 8.83. The van der Waals surface area contributed by atoms with Crippen molar-refractivity contribution in [3.8, 4) is 0 Å². The van der Waals surface area contributed by atoms with Crippen LogP contribution in [0, 0.1) is 5.92 Å². The molecule has 0 aromatic carbocycles. The molecule has 1 saturated heterocycles. The summed E-state index contributed by atoms with van der Waals surface area (Å²) in [6.07, 6.45) is 2.25. The molecule has 0 saturated carbocycles. The summed E-state index contributed by atoms with van der Waals surface area (Å²) in [5, 5.41) is 12.3. The smallest absolute Gasteiger partial charge is 0.0434 e. The highest BCUT2D eigenvalue weighted by atomic mass is 16.3. The van der Waals surface area contributed by atoms with Crippen LogP contribution >= 0.6 is 0 Å². The molecule has 0 radical (unpaired) electrons. The fraction of sp³-hybridized carbons (Fsp3) is 1.00. The van der Waals surface area contributed by atoms with Crippen molar-refractivity contribution < 1.29 is 5.11 Å². The Kier molecular flexibility index (Phi) is 5.45. The summed E-state index contributed by atoms with van der Waals surface area (Å²) in [5.41, 5.74) is 0. The summed E-state index contributed by atoms with van der Waals surface area (Å²) in [6.45, 7) is 9.34. The lowest BCUT2D eigenvalue weighted by molar-refractivity contribution is 0.250. The second-order valence-corrected chi connectivity index (χ2v) is 4.58. The third kappa shape index (κ3) is 4.40. The first-order valence-electron chi connectivity index (χ1n) is 5.79. The predicted molar refractivity (Wildman–Crippen MR) is 59.4 cm³/mol. The van der Waals surface area contributed by atoms with Crippen molar-refractivity contribution in [3.05, 3.63) is 0 Å². The van der Waals surface area contributed by atoms with Crippen molar-refractivity contribution in [1.29, 1.82) is 0 Å². The van der Waals surface area contributed by atoms with E-state index in [1.165, 1.54) is 19.5 Å². The van der Waals surface area contributed by atoms with Crippen LogP contribution in [0.15, 0.2) is 0 Å². The second-order valence-electron chi connectivity index (χ2n) is 4.58. The molecular formula is C11H24N2O. The number of rotatable bonds is 6. The van der Waals surface area contributed by atoms with Crippen LogP contribution in [0.1, 0.15) is 26.7 Å². The number of nitrogens with zero attached hydrogens (tertiary/aromatic N) is 1. The van der Waals surface area contributed by atoms with E-state index in [-0.39, 0.29) is 0 Å². The maximum Gasteiger partial charge on any atom is 0.0434 e. The van der Waals surface area contributed by atoms with E-state index in [4.69, 9.17) is 5.11 Å². The minimum Gasteiger partial charge on any atom is -0.396 e. The van der Waals surface area contributed by atoms with Gasteiger partial charge in [-0.15, -0.1) is 0 Å². The van der Waals surface area contributed by atoms with Gasteiger partial charge in [0.05, 0.1) is 0 Å². The van der Waals surface area contributed by atoms with Crippen molar-refractivity contribution in [3.63, 3.8) is 0 Å². The van der Waals surface area contributed by atoms with Crippen LogP contribution < -0.4 is 5.32 Å². The summed E-state index contributed by atoms with van der Waals surface area (Å²) in [4.78, 5) is 2.50. The van der Waals surface area contributed by atoms with Gasteiger partial charge in [0.2, 0.25) is 0 Å². The zero-order valence-electron chi connectivity index (χ0n) is 9.50. The van der Waals surface area contributed by atoms with Crippen molar-refractivity contribution >= 4 is 0 Å². The van der Waals surface area contributed by atoms with E-state index >= 15 is 0 Å². The molecule has 0 aliphatic carbocycles. The number of nitrogens with one attached hydrogen (secondary N) is 1. The van der Waals surface area contributed by atoms with Gasteiger partial charge in [-0.2, -0.15) is 0 Å². The zero-order chi connectivity index (χ0) is 10.4. The molecule has 0 amide bonds. The number of aliphatic hydroxyl groups is 1. The first kappa shape index (κ1) is 12.0. The molecule has 1 unspecified atom stereocenters. The molecule has 0 spiro atoms. The molecule has 0 bridgehead atoms. The molecule has 0 aromatic rings. The van der Waals surface area contributed by atoms with Gasteiger partial charge < -0.3 is 15.3 Å². The Morgan fingerprint density at radius 2 is 2.29 bits per heavy atom. The van der Waals surface area contributed by atoms with Crippen LogP contribution in [-0.4, -0.2) is 48.8 Å². The van der Waals surface area contributed by atoms with Crippen LogP contribution in [0.25, 0.3) is 0 Å². The molecule has 0 aromatic heterocycles. The van der Waals surface area contributed by atoms with Crippen LogP contribution in [0.3, 0.4) is 0 Å². The molecule has 84 valence electrons. The minimum absolute atomic E-state index is 0.350. The summed E-state index contributed by atoms with van der Waals surface area (Å²) in [6, 6.07) is 0.589. The van der Waals surface area contributed by atoms with Crippen LogP contribution in [0.5, 0.6) is 0 Å². The average molecular weight is 200 g/mol. The first-order valence-corrected chi connectivity index (χ1v) is 5.79. The zero-order valence-corrected chi connectivity index (χ0v) is 9.50. The van der Waals surface area contributed by atoms with E-state index in [1.807, 2.05) is 0 Å². The maximum absolute atomic E-state index is 8.83. The second kappa shape index (κ2) is 6.38. The topological polar surface area (TPSA) is 35.5 Å². The minimum atomic E-state index is 0.350. The summed E-state index contributed by atoms with van der Waals surface area (Å²) >= 11 is 0. The lowest BCUT2D eigenvalue weighted by atomic mass is 10.1. The summed E-state index contributed by atoms with van der Waals surface area (Å²) in [7, 11) is 0. The summed E-state index contributed by atoms with van der Waals surface area (Å²) in [5.74, 6) is 0.735. The molecule has 1 fully saturated rings. The van der Waals surface area contributed by atoms with E-state index in [2.05, 4.69) is 24.1 Å². The molecule has 1 rings (SSSR count). The van der Waals surface area contributed by atoms with E-state index in [1.54, 1.807) is 0 Å². The molecule has 1 heterocycles. The SMILES string of the molecule is CC(C)NCCN1CCC(CCO)C1. The Labute approximate surface area is 87.5 Å². The van der Waals surface area contributed by atoms with Gasteiger partial charge in [0, 0.05) is 32.3 Å². The van der Waals surface area contributed by atoms with E-state index < -0.39 is 0 Å². The Hall–Kier alpha value is -0.120. The van der Waals surface area contributed by atoms with Crippen LogP contribution in [-0.2, 0) is 0 Å². The van der Waals surface area contributed by atoms with Gasteiger partial charge >= 0.3 is 0 Å². The number of hydrogen-bond acceptors (Lipinski definition) is 3. The van der Waals surface area contributed by atoms with Crippen molar-refractivity contribution in [1.82, 2.24) is 10.2 Å². The fourth-order valence-electron chi connectivity index (χ4n) is 2.05. The third-order valence-corrected chi connectivity index (χ3v) is 2.89. The average Bonchev–Trinajstić information content (AvgIpc) is 2.53. The molecule has 2 N–H and O–H groups in total. The van der Waals surface area contributed by atoms with Crippen LogP contribution in [0.2, 0.25) is 0 Å². The molecule has 1 atom stereocenters. The Balaban J connectivity index is 2.04. The van der Waals surface area contributed by atoms with Crippen molar-refractivity contribution in [2.24, 2.45) is 5.92 Å². The van der Waals surface area contributed by atoms with Gasteiger partial charge in [0.15, 0.2) is 0 Å². The quantitative estimate of drug-likeness (QED) is 0.662. The Morgan fingerprint density at radius 1 is 1.50 bits per heavy atom. The molecular weight excluding hydrogens is 176 g/mol. The number of aliphatic hydroxyl groups excluding tert-OH is 1. The van der Waals surface area contributed by atoms with E-state index in [9.17, 15) is 0 Å². The van der Waals surface area contributed by atoms with Gasteiger partial charge in [-0.1, -0.05) is 13.8 Å². The van der Waals surface area contributed by atoms with Gasteiger partial charge in [0.1, 0.15) is 0 Å². The molecule has 14 heavy (non-hydrogen) atoms. The lowest BCUT2D eigenvalue weighted by Crippen LogP contribution is -2.33. The van der Waals surface area contributed by atoms with Crippen molar-refractivity contribution in [2.45, 2.75) is 32.7 Å². The fourth-order valence-corrected chi connectivity index (χ4v) is 2.05. The molecule has 3 nitrogen and oxygen atoms in total. The Morgan fingerprint density at radius 3 is 2.93 bits per heavy atom. The number of hydrogen-bond donors (Lipinski definition) is 2. The highest BCUT2D eigenvalue weighted by molar-refractivity contribution is 4.75. The molecule has 3 heteroatoms. The predicted octanol–water partition coefficient (Wildman–Crippen LogP) is 0.689. The normalized spacial score (nSPS) is 23.6. The summed E-state index contributed by atoms with van der Waals surface area (Å²) < 4.78 is 0. The van der Waals surface area contributed by atoms with Crippen LogP contribution in [0.4, 0.5) is 0 Å². The van der Waals surface area contributed by atoms with Gasteiger partial charge in [0.25, 0.3) is 0 Å². The van der Waals surface area contributed by atoms with E-state index in [0.29, 0.717) is 12.6 Å². The van der Waals surface area contributed by atoms with Crippen molar-refractivity contribution in [2.75, 3.05) is 32.8 Å². The Bertz CT molecular complexity index is 150. The number of likely N-dealkylation sites (tertiary alicyclic amines) is 1. The monoisotopic (exact) mass is 200 g/mol. The standard InChI is InChI=1S/C11H24N2O/c1-10(2)12-5-7-13-6-3-11(9-13)4-8-14/h10-12,14H,3-9H2,1-2H3. The van der Waals surface area contributed by atoms with E-state index in [0.717, 1.165) is 25.4 Å². The largest absolute Gasteiger partial charge is 0.396 e. The highest BCUT2D eigenvalue weighted by Crippen LogP contribution is 2.18. The van der Waals surface area contributed by atoms with Gasteiger partial charge in [-0.05, 0) is 25.3 Å².